The van der Waals surface area contributed by atoms with Gasteiger partial charge in [0.05, 0.1) is 11.7 Å². The molecular weight excluding hydrogens is 481 g/mol. The van der Waals surface area contributed by atoms with Crippen molar-refractivity contribution in [1.29, 1.82) is 0 Å². The van der Waals surface area contributed by atoms with Crippen molar-refractivity contribution in [1.82, 2.24) is 0 Å². The van der Waals surface area contributed by atoms with Crippen LogP contribution in [0.25, 0.3) is 0 Å². The minimum absolute atomic E-state index is 0.121. The number of hydrogen-bond donors (Lipinski definition) is 1. The van der Waals surface area contributed by atoms with Gasteiger partial charge >= 0.3 is 5.97 Å². The van der Waals surface area contributed by atoms with Crippen LogP contribution in [0.4, 0.5) is 13.2 Å². The largest absolute Gasteiger partial charge is 0.486 e. The molecule has 0 radical (unpaired) electrons. The molecule has 0 spiro atoms. The second-order valence-corrected chi connectivity index (χ2v) is 10.4. The number of carbonyl (C=O) groups excluding carboxylic acids is 1. The number of aliphatic hydroxyl groups is 1. The number of halogens is 3. The molecule has 0 saturated heterocycles. The average molecular weight is 517 g/mol. The minimum atomic E-state index is -1.16. The first-order valence-corrected chi connectivity index (χ1v) is 13.2. The fraction of sp³-hybridized carbons (Fsp3) is 0.500. The Morgan fingerprint density at radius 2 is 1.68 bits per heavy atom. The van der Waals surface area contributed by atoms with Crippen molar-refractivity contribution in [3.8, 4) is 5.75 Å². The van der Waals surface area contributed by atoms with Gasteiger partial charge in [0, 0.05) is 0 Å². The van der Waals surface area contributed by atoms with E-state index in [0.29, 0.717) is 38.5 Å². The lowest BCUT2D eigenvalue weighted by atomic mass is 9.76. The summed E-state index contributed by atoms with van der Waals surface area (Å²) >= 11 is 0. The summed E-state index contributed by atoms with van der Waals surface area (Å²) in [5.41, 5.74) is 0.754. The number of hydrogen-bond acceptors (Lipinski definition) is 4. The summed E-state index contributed by atoms with van der Waals surface area (Å²) in [5.74, 6) is -3.08. The van der Waals surface area contributed by atoms with E-state index in [1.165, 1.54) is 18.2 Å². The molecule has 2 aliphatic rings. The molecule has 2 aromatic rings. The molecule has 2 aromatic carbocycles. The topological polar surface area (TPSA) is 55.8 Å². The van der Waals surface area contributed by atoms with Crippen LogP contribution in [-0.4, -0.2) is 29.9 Å². The first-order valence-electron chi connectivity index (χ1n) is 13.2. The monoisotopic (exact) mass is 516 g/mol. The first-order chi connectivity index (χ1) is 17.8. The summed E-state index contributed by atoms with van der Waals surface area (Å²) in [4.78, 5) is 12.7. The summed E-state index contributed by atoms with van der Waals surface area (Å²) < 4.78 is 55.0. The SMILES string of the molecule is C=CCOc1ccc(C2CCC(OC(=O)c3ccc(C4CCC(C(C)O)CC4)c(F)c3F)CC2)cc1F. The van der Waals surface area contributed by atoms with Crippen LogP contribution < -0.4 is 4.74 Å². The Labute approximate surface area is 216 Å². The Balaban J connectivity index is 1.33. The third-order valence-electron chi connectivity index (χ3n) is 7.96. The third kappa shape index (κ3) is 6.38. The molecule has 1 N–H and O–H groups in total. The summed E-state index contributed by atoms with van der Waals surface area (Å²) in [6, 6.07) is 7.75. The fourth-order valence-corrected chi connectivity index (χ4v) is 5.72. The zero-order chi connectivity index (χ0) is 26.5. The van der Waals surface area contributed by atoms with Gasteiger partial charge in [-0.1, -0.05) is 24.8 Å². The molecule has 0 aromatic heterocycles. The predicted octanol–water partition coefficient (Wildman–Crippen LogP) is 7.21. The molecule has 1 atom stereocenters. The molecule has 0 aliphatic heterocycles. The van der Waals surface area contributed by atoms with Crippen molar-refractivity contribution in [2.75, 3.05) is 6.61 Å². The van der Waals surface area contributed by atoms with E-state index in [9.17, 15) is 23.1 Å². The number of aliphatic hydroxyl groups excluding tert-OH is 1. The molecule has 4 nitrogen and oxygen atoms in total. The average Bonchev–Trinajstić information content (AvgIpc) is 2.90. The van der Waals surface area contributed by atoms with Gasteiger partial charge in [-0.2, -0.15) is 0 Å². The van der Waals surface area contributed by atoms with Crippen molar-refractivity contribution < 1.29 is 32.5 Å². The van der Waals surface area contributed by atoms with Crippen molar-refractivity contribution in [3.05, 3.63) is 77.1 Å². The second kappa shape index (κ2) is 12.2. The Morgan fingerprint density at radius 1 is 1.00 bits per heavy atom. The Kier molecular flexibility index (Phi) is 8.95. The summed E-state index contributed by atoms with van der Waals surface area (Å²) in [6.07, 6.45) is 6.11. The van der Waals surface area contributed by atoms with Crippen molar-refractivity contribution in [2.45, 2.75) is 82.3 Å². The van der Waals surface area contributed by atoms with Crippen molar-refractivity contribution >= 4 is 5.97 Å². The number of benzene rings is 2. The van der Waals surface area contributed by atoms with Gasteiger partial charge in [-0.3, -0.25) is 0 Å². The second-order valence-electron chi connectivity index (χ2n) is 10.4. The van der Waals surface area contributed by atoms with Crippen LogP contribution in [-0.2, 0) is 4.74 Å². The lowest BCUT2D eigenvalue weighted by Crippen LogP contribution is -2.25. The van der Waals surface area contributed by atoms with Gasteiger partial charge in [0.15, 0.2) is 23.2 Å². The quantitative estimate of drug-likeness (QED) is 0.298. The zero-order valence-corrected chi connectivity index (χ0v) is 21.2. The summed E-state index contributed by atoms with van der Waals surface area (Å²) in [6.45, 7) is 5.54. The van der Waals surface area contributed by atoms with E-state index in [2.05, 4.69) is 6.58 Å². The molecule has 0 heterocycles. The Bertz CT molecular complexity index is 1100. The van der Waals surface area contributed by atoms with Gasteiger partial charge in [-0.05, 0) is 105 Å². The van der Waals surface area contributed by atoms with Crippen molar-refractivity contribution in [3.63, 3.8) is 0 Å². The molecule has 7 heteroatoms. The zero-order valence-electron chi connectivity index (χ0n) is 21.2. The van der Waals surface area contributed by atoms with E-state index in [1.807, 2.05) is 6.07 Å². The third-order valence-corrected chi connectivity index (χ3v) is 7.96. The van der Waals surface area contributed by atoms with Gasteiger partial charge in [0.1, 0.15) is 12.7 Å². The Hall–Kier alpha value is -2.80. The minimum Gasteiger partial charge on any atom is -0.486 e. The number of ether oxygens (including phenoxy) is 2. The molecule has 0 amide bonds. The van der Waals surface area contributed by atoms with Gasteiger partial charge < -0.3 is 14.6 Å². The first kappa shape index (κ1) is 27.2. The highest BCUT2D eigenvalue weighted by Gasteiger charge is 2.31. The Morgan fingerprint density at radius 3 is 2.30 bits per heavy atom. The highest BCUT2D eigenvalue weighted by molar-refractivity contribution is 5.90. The van der Waals surface area contributed by atoms with Crippen LogP contribution in [0.3, 0.4) is 0 Å². The maximum Gasteiger partial charge on any atom is 0.341 e. The fourth-order valence-electron chi connectivity index (χ4n) is 5.72. The van der Waals surface area contributed by atoms with Crippen LogP contribution in [0.1, 0.15) is 91.6 Å². The van der Waals surface area contributed by atoms with E-state index in [-0.39, 0.29) is 35.7 Å². The van der Waals surface area contributed by atoms with Gasteiger partial charge in [-0.15, -0.1) is 0 Å². The van der Waals surface area contributed by atoms with Crippen LogP contribution in [0.15, 0.2) is 43.0 Å². The molecular formula is C30H35F3O4. The van der Waals surface area contributed by atoms with Gasteiger partial charge in [-0.25, -0.2) is 18.0 Å². The van der Waals surface area contributed by atoms with Gasteiger partial charge in [0.25, 0.3) is 0 Å². The lowest BCUT2D eigenvalue weighted by Gasteiger charge is -2.31. The maximum absolute atomic E-state index is 14.9. The van der Waals surface area contributed by atoms with Gasteiger partial charge in [0.2, 0.25) is 0 Å². The highest BCUT2D eigenvalue weighted by Crippen LogP contribution is 2.39. The smallest absolute Gasteiger partial charge is 0.341 e. The number of carbonyl (C=O) groups is 1. The molecule has 0 bridgehead atoms. The summed E-state index contributed by atoms with van der Waals surface area (Å²) in [7, 11) is 0. The summed E-state index contributed by atoms with van der Waals surface area (Å²) in [5, 5.41) is 9.78. The van der Waals surface area contributed by atoms with Crippen molar-refractivity contribution in [2.24, 2.45) is 5.92 Å². The molecule has 1 unspecified atom stereocenters. The van der Waals surface area contributed by atoms with E-state index >= 15 is 0 Å². The molecule has 4 rings (SSSR count). The number of rotatable bonds is 8. The lowest BCUT2D eigenvalue weighted by molar-refractivity contribution is 0.0189. The molecule has 200 valence electrons. The number of esters is 1. The molecule has 37 heavy (non-hydrogen) atoms. The van der Waals surface area contributed by atoms with Crippen LogP contribution >= 0.6 is 0 Å². The van der Waals surface area contributed by atoms with E-state index in [1.54, 1.807) is 19.1 Å². The van der Waals surface area contributed by atoms with Crippen LogP contribution in [0, 0.1) is 23.4 Å². The van der Waals surface area contributed by atoms with E-state index in [0.717, 1.165) is 18.4 Å². The van der Waals surface area contributed by atoms with E-state index in [4.69, 9.17) is 9.47 Å². The standard InChI is InChI=1S/C30H35F3O4/c1-3-16-36-27-15-10-22(17-26(27)31)20-8-11-23(12-9-20)37-30(35)25-14-13-24(28(32)29(25)33)21-6-4-19(5-7-21)18(2)34/h3,10,13-15,17-21,23,34H,1,4-9,11-12,16H2,2H3. The van der Waals surface area contributed by atoms with E-state index < -0.39 is 41.2 Å². The van der Waals surface area contributed by atoms with Crippen LogP contribution in [0.5, 0.6) is 5.75 Å². The normalized spacial score (nSPS) is 24.8. The molecule has 2 aliphatic carbocycles. The van der Waals surface area contributed by atoms with Crippen LogP contribution in [0.2, 0.25) is 0 Å². The molecule has 2 saturated carbocycles. The maximum atomic E-state index is 14.9. The highest BCUT2D eigenvalue weighted by atomic mass is 19.2. The molecule has 2 fully saturated rings. The predicted molar refractivity (Wildman–Crippen MR) is 135 cm³/mol.